The van der Waals surface area contributed by atoms with Crippen LogP contribution in [0, 0.1) is 0 Å². The number of thioether (sulfide) groups is 2. The molecule has 72 valence electrons. The first kappa shape index (κ1) is 9.66. The first-order chi connectivity index (χ1) is 6.22. The zero-order valence-electron chi connectivity index (χ0n) is 7.84. The highest BCUT2D eigenvalue weighted by molar-refractivity contribution is 8.18. The van der Waals surface area contributed by atoms with E-state index in [1.165, 1.54) is 17.9 Å². The van der Waals surface area contributed by atoms with Gasteiger partial charge in [0.05, 0.1) is 4.08 Å². The molecular formula is C10H14OS2. The number of hydrogen-bond donors (Lipinski definition) is 0. The second-order valence-electron chi connectivity index (χ2n) is 3.63. The van der Waals surface area contributed by atoms with Gasteiger partial charge in [-0.05, 0) is 43.3 Å². The molecule has 13 heavy (non-hydrogen) atoms. The van der Waals surface area contributed by atoms with Crippen LogP contribution < -0.4 is 0 Å². The van der Waals surface area contributed by atoms with Crippen molar-refractivity contribution in [2.24, 2.45) is 0 Å². The monoisotopic (exact) mass is 214 g/mol. The summed E-state index contributed by atoms with van der Waals surface area (Å²) in [7, 11) is 0. The second kappa shape index (κ2) is 3.70. The van der Waals surface area contributed by atoms with Crippen molar-refractivity contribution in [2.75, 3.05) is 11.5 Å². The minimum Gasteiger partial charge on any atom is -0.295 e. The molecule has 1 fully saturated rings. The van der Waals surface area contributed by atoms with Crippen molar-refractivity contribution in [2.45, 2.75) is 30.3 Å². The van der Waals surface area contributed by atoms with Gasteiger partial charge in [0, 0.05) is 0 Å². The molecule has 0 radical (unpaired) electrons. The highest BCUT2D eigenvalue weighted by Crippen LogP contribution is 2.52. The Balaban J connectivity index is 2.02. The average molecular weight is 214 g/mol. The topological polar surface area (TPSA) is 17.1 Å². The van der Waals surface area contributed by atoms with Gasteiger partial charge in [0.2, 0.25) is 0 Å². The fourth-order valence-corrected chi connectivity index (χ4v) is 5.07. The normalized spacial score (nSPS) is 26.1. The maximum atomic E-state index is 11.2. The Morgan fingerprint density at radius 3 is 2.69 bits per heavy atom. The summed E-state index contributed by atoms with van der Waals surface area (Å²) in [6.45, 7) is 1.68. The van der Waals surface area contributed by atoms with Crippen LogP contribution in [0.25, 0.3) is 0 Å². The highest BCUT2D eigenvalue weighted by atomic mass is 32.2. The van der Waals surface area contributed by atoms with E-state index >= 15 is 0 Å². The molecule has 0 aromatic heterocycles. The number of carbonyl (C=O) groups excluding carboxylic acids is 1. The molecule has 1 nitrogen and oxygen atoms in total. The smallest absolute Gasteiger partial charge is 0.155 e. The van der Waals surface area contributed by atoms with Crippen LogP contribution in [-0.2, 0) is 4.79 Å². The highest BCUT2D eigenvalue weighted by Gasteiger charge is 2.38. The number of hydrogen-bond acceptors (Lipinski definition) is 3. The summed E-state index contributed by atoms with van der Waals surface area (Å²) >= 11 is 4.11. The van der Waals surface area contributed by atoms with E-state index in [0.29, 0.717) is 4.08 Å². The predicted molar refractivity (Wildman–Crippen MR) is 60.3 cm³/mol. The standard InChI is InChI=1S/C10H14OS2/c1-8(11)9-3-4-10(7-9)12-5-2-6-13-10/h3H,2,4-7H2,1H3. The van der Waals surface area contributed by atoms with Gasteiger partial charge in [-0.25, -0.2) is 0 Å². The maximum Gasteiger partial charge on any atom is 0.155 e. The van der Waals surface area contributed by atoms with Crippen molar-refractivity contribution in [3.8, 4) is 0 Å². The molecule has 0 aromatic carbocycles. The van der Waals surface area contributed by atoms with Crippen LogP contribution in [0.1, 0.15) is 26.2 Å². The molecule has 2 rings (SSSR count). The summed E-state index contributed by atoms with van der Waals surface area (Å²) in [5, 5.41) is 0. The van der Waals surface area contributed by atoms with Gasteiger partial charge in [-0.2, -0.15) is 0 Å². The van der Waals surface area contributed by atoms with Crippen LogP contribution in [-0.4, -0.2) is 21.4 Å². The molecule has 0 atom stereocenters. The molecule has 1 spiro atoms. The average Bonchev–Trinajstić information content (AvgIpc) is 2.51. The Bertz CT molecular complexity index is 252. The van der Waals surface area contributed by atoms with Crippen molar-refractivity contribution < 1.29 is 4.79 Å². The lowest BCUT2D eigenvalue weighted by Gasteiger charge is -2.32. The quantitative estimate of drug-likeness (QED) is 0.668. The van der Waals surface area contributed by atoms with E-state index in [-0.39, 0.29) is 5.78 Å². The zero-order valence-corrected chi connectivity index (χ0v) is 9.47. The van der Waals surface area contributed by atoms with Crippen LogP contribution in [0.4, 0.5) is 0 Å². The number of carbonyl (C=O) groups is 1. The van der Waals surface area contributed by atoms with Crippen LogP contribution in [0.3, 0.4) is 0 Å². The summed E-state index contributed by atoms with van der Waals surface area (Å²) in [4.78, 5) is 11.2. The van der Waals surface area contributed by atoms with Gasteiger partial charge >= 0.3 is 0 Å². The van der Waals surface area contributed by atoms with Crippen molar-refractivity contribution in [3.63, 3.8) is 0 Å². The van der Waals surface area contributed by atoms with Crippen LogP contribution in [0.5, 0.6) is 0 Å². The fourth-order valence-electron chi connectivity index (χ4n) is 1.82. The lowest BCUT2D eigenvalue weighted by molar-refractivity contribution is -0.113. The van der Waals surface area contributed by atoms with Crippen LogP contribution >= 0.6 is 23.5 Å². The van der Waals surface area contributed by atoms with E-state index in [2.05, 4.69) is 29.6 Å². The van der Waals surface area contributed by atoms with Gasteiger partial charge in [0.15, 0.2) is 5.78 Å². The SMILES string of the molecule is CC(=O)C1=CCC2(C1)SCCCS2. The van der Waals surface area contributed by atoms with Gasteiger partial charge in [-0.1, -0.05) is 6.08 Å². The van der Waals surface area contributed by atoms with Gasteiger partial charge in [0.1, 0.15) is 0 Å². The predicted octanol–water partition coefficient (Wildman–Crippen LogP) is 2.86. The lowest BCUT2D eigenvalue weighted by Crippen LogP contribution is -2.22. The molecule has 1 heterocycles. The molecule has 1 saturated heterocycles. The molecule has 0 bridgehead atoms. The van der Waals surface area contributed by atoms with Crippen molar-refractivity contribution in [1.29, 1.82) is 0 Å². The first-order valence-electron chi connectivity index (χ1n) is 4.70. The molecule has 0 N–H and O–H groups in total. The lowest BCUT2D eigenvalue weighted by atomic mass is 10.2. The number of allylic oxidation sites excluding steroid dienone is 2. The molecule has 1 aliphatic heterocycles. The molecular weight excluding hydrogens is 200 g/mol. The van der Waals surface area contributed by atoms with E-state index in [1.807, 2.05) is 0 Å². The summed E-state index contributed by atoms with van der Waals surface area (Å²) in [6, 6.07) is 0. The zero-order chi connectivity index (χ0) is 9.31. The minimum atomic E-state index is 0.267. The van der Waals surface area contributed by atoms with Gasteiger partial charge in [0.25, 0.3) is 0 Å². The van der Waals surface area contributed by atoms with Gasteiger partial charge in [-0.15, -0.1) is 23.5 Å². The second-order valence-corrected chi connectivity index (χ2v) is 6.84. The molecule has 2 aliphatic rings. The van der Waals surface area contributed by atoms with E-state index in [0.717, 1.165) is 18.4 Å². The third kappa shape index (κ3) is 1.96. The molecule has 3 heteroatoms. The Morgan fingerprint density at radius 1 is 1.46 bits per heavy atom. The van der Waals surface area contributed by atoms with E-state index in [1.54, 1.807) is 6.92 Å². The first-order valence-corrected chi connectivity index (χ1v) is 6.67. The van der Waals surface area contributed by atoms with Crippen LogP contribution in [0.2, 0.25) is 0 Å². The van der Waals surface area contributed by atoms with E-state index in [4.69, 9.17) is 0 Å². The maximum absolute atomic E-state index is 11.2. The van der Waals surface area contributed by atoms with Crippen molar-refractivity contribution >= 4 is 29.3 Å². The Kier molecular flexibility index (Phi) is 2.75. The summed E-state index contributed by atoms with van der Waals surface area (Å²) in [5.74, 6) is 2.81. The molecule has 0 saturated carbocycles. The van der Waals surface area contributed by atoms with Crippen LogP contribution in [0.15, 0.2) is 11.6 Å². The Hall–Kier alpha value is 0.110. The number of rotatable bonds is 1. The summed E-state index contributed by atoms with van der Waals surface area (Å²) in [6.07, 6.45) is 5.56. The summed E-state index contributed by atoms with van der Waals surface area (Å²) < 4.78 is 0.346. The molecule has 0 amide bonds. The van der Waals surface area contributed by atoms with Crippen molar-refractivity contribution in [3.05, 3.63) is 11.6 Å². The minimum absolute atomic E-state index is 0.267. The Labute approximate surface area is 87.7 Å². The number of ketones is 1. The van der Waals surface area contributed by atoms with Gasteiger partial charge in [-0.3, -0.25) is 4.79 Å². The van der Waals surface area contributed by atoms with E-state index < -0.39 is 0 Å². The van der Waals surface area contributed by atoms with Gasteiger partial charge < -0.3 is 0 Å². The summed E-state index contributed by atoms with van der Waals surface area (Å²) in [5.41, 5.74) is 1.06. The van der Waals surface area contributed by atoms with E-state index in [9.17, 15) is 4.79 Å². The molecule has 0 aromatic rings. The third-order valence-corrected chi connectivity index (χ3v) is 5.96. The molecule has 0 unspecified atom stereocenters. The third-order valence-electron chi connectivity index (χ3n) is 2.59. The van der Waals surface area contributed by atoms with Crippen molar-refractivity contribution in [1.82, 2.24) is 0 Å². The largest absolute Gasteiger partial charge is 0.295 e. The number of Topliss-reactive ketones (excluding diaryl/α,β-unsaturated/α-hetero) is 1. The Morgan fingerprint density at radius 2 is 2.15 bits per heavy atom. The molecule has 1 aliphatic carbocycles. The fraction of sp³-hybridized carbons (Fsp3) is 0.700.